The first kappa shape index (κ1) is 32.7. The molecule has 0 N–H and O–H groups in total. The van der Waals surface area contributed by atoms with Gasteiger partial charge in [-0.3, -0.25) is 4.98 Å². The fraction of sp³-hybridized carbons (Fsp3) is 0.342. The number of hydrogen-bond acceptors (Lipinski definition) is 10. The summed E-state index contributed by atoms with van der Waals surface area (Å²) in [4.78, 5) is 23.7. The van der Waals surface area contributed by atoms with E-state index in [2.05, 4.69) is 61.3 Å². The highest BCUT2D eigenvalue weighted by Crippen LogP contribution is 2.39. The number of pyridine rings is 1. The molecule has 262 valence electrons. The van der Waals surface area contributed by atoms with Crippen molar-refractivity contribution in [2.75, 3.05) is 49.2 Å². The lowest BCUT2D eigenvalue weighted by Crippen LogP contribution is -2.46. The smallest absolute Gasteiger partial charge is 0.350 e. The minimum absolute atomic E-state index is 0.0674. The Morgan fingerprint density at radius 3 is 2.24 bits per heavy atom. The molecule has 0 bridgehead atoms. The second-order valence-electron chi connectivity index (χ2n) is 13.0. The Bertz CT molecular complexity index is 2120. The van der Waals surface area contributed by atoms with E-state index in [-0.39, 0.29) is 17.8 Å². The lowest BCUT2D eigenvalue weighted by molar-refractivity contribution is -0.191. The number of fused-ring (bicyclic) bond motifs is 1. The molecule has 2 fully saturated rings. The fourth-order valence-electron chi connectivity index (χ4n) is 6.86. The van der Waals surface area contributed by atoms with Gasteiger partial charge in [0, 0.05) is 54.7 Å². The minimum atomic E-state index is -1.08. The quantitative estimate of drug-likeness (QED) is 0.188. The van der Waals surface area contributed by atoms with Gasteiger partial charge in [-0.05, 0) is 74.0 Å². The molecule has 13 heteroatoms. The second kappa shape index (κ2) is 14.0. The number of ether oxygens (including phenoxy) is 3. The summed E-state index contributed by atoms with van der Waals surface area (Å²) in [6.07, 6.45) is 7.24. The van der Waals surface area contributed by atoms with E-state index in [0.717, 1.165) is 71.9 Å². The summed E-state index contributed by atoms with van der Waals surface area (Å²) in [7, 11) is 0. The highest BCUT2D eigenvalue weighted by molar-refractivity contribution is 5.82. The van der Waals surface area contributed by atoms with Crippen molar-refractivity contribution in [2.24, 2.45) is 0 Å². The third-order valence-corrected chi connectivity index (χ3v) is 9.84. The Morgan fingerprint density at radius 1 is 0.843 bits per heavy atom. The average molecular weight is 688 g/mol. The van der Waals surface area contributed by atoms with E-state index in [4.69, 9.17) is 14.2 Å². The number of anilines is 2. The Labute approximate surface area is 295 Å². The average Bonchev–Trinajstić information content (AvgIpc) is 3.95. The lowest BCUT2D eigenvalue weighted by Gasteiger charge is -2.37. The van der Waals surface area contributed by atoms with E-state index in [1.165, 1.54) is 0 Å². The van der Waals surface area contributed by atoms with Crippen molar-refractivity contribution >= 4 is 22.3 Å². The van der Waals surface area contributed by atoms with Crippen molar-refractivity contribution in [3.05, 3.63) is 120 Å². The molecule has 3 atom stereocenters. The summed E-state index contributed by atoms with van der Waals surface area (Å²) in [5.74, 6) is -0.309. The van der Waals surface area contributed by atoms with Crippen LogP contribution in [0, 0.1) is 0 Å². The summed E-state index contributed by atoms with van der Waals surface area (Å²) >= 11 is 0. The molecule has 0 saturated carbocycles. The molecule has 2 aliphatic rings. The van der Waals surface area contributed by atoms with Crippen molar-refractivity contribution < 1.29 is 14.2 Å². The van der Waals surface area contributed by atoms with Gasteiger partial charge in [-0.25, -0.2) is 14.0 Å². The summed E-state index contributed by atoms with van der Waals surface area (Å²) in [5.41, 5.74) is 4.76. The van der Waals surface area contributed by atoms with Gasteiger partial charge in [0.2, 0.25) is 5.79 Å². The van der Waals surface area contributed by atoms with E-state index in [0.29, 0.717) is 19.8 Å². The third kappa shape index (κ3) is 6.57. The van der Waals surface area contributed by atoms with Crippen LogP contribution in [0.1, 0.15) is 31.9 Å². The molecule has 8 rings (SSSR count). The van der Waals surface area contributed by atoms with Gasteiger partial charge >= 0.3 is 5.69 Å². The highest BCUT2D eigenvalue weighted by atomic mass is 16.8. The monoisotopic (exact) mass is 687 g/mol. The number of hydrogen-bond donors (Lipinski definition) is 0. The van der Waals surface area contributed by atoms with Crippen molar-refractivity contribution in [3.63, 3.8) is 0 Å². The van der Waals surface area contributed by atoms with Gasteiger partial charge in [0.05, 0.1) is 36.2 Å². The zero-order valence-corrected chi connectivity index (χ0v) is 28.8. The SMILES string of the molecule is CCC(C)n1ncn(-c2ccc(N3CCN(c4ccc(OCC5COC(Cn6nccn6)(c6cccc7ncccc67)O5)cc4)CC3)cc2)c1=O. The van der Waals surface area contributed by atoms with Crippen molar-refractivity contribution in [2.45, 2.75) is 44.7 Å². The Hall–Kier alpha value is -5.53. The van der Waals surface area contributed by atoms with Gasteiger partial charge < -0.3 is 24.0 Å². The fourth-order valence-corrected chi connectivity index (χ4v) is 6.86. The normalized spacial score (nSPS) is 19.8. The first-order chi connectivity index (χ1) is 25.0. The number of nitrogens with zero attached hydrogens (tertiary/aromatic N) is 9. The van der Waals surface area contributed by atoms with Gasteiger partial charge in [0.15, 0.2) is 0 Å². The number of benzene rings is 3. The highest BCUT2D eigenvalue weighted by Gasteiger charge is 2.45. The van der Waals surface area contributed by atoms with Gasteiger partial charge in [0.25, 0.3) is 0 Å². The molecule has 2 saturated heterocycles. The molecule has 0 aliphatic carbocycles. The van der Waals surface area contributed by atoms with E-state index in [1.54, 1.807) is 39.0 Å². The van der Waals surface area contributed by atoms with Crippen LogP contribution in [0.2, 0.25) is 0 Å². The van der Waals surface area contributed by atoms with E-state index >= 15 is 0 Å². The second-order valence-corrected chi connectivity index (χ2v) is 13.0. The molecular formula is C38H41N9O4. The first-order valence-corrected chi connectivity index (χ1v) is 17.5. The molecule has 5 heterocycles. The lowest BCUT2D eigenvalue weighted by atomic mass is 10.00. The number of rotatable bonds is 11. The van der Waals surface area contributed by atoms with Crippen LogP contribution in [-0.2, 0) is 21.8 Å². The van der Waals surface area contributed by atoms with Crippen LogP contribution in [0.3, 0.4) is 0 Å². The maximum Gasteiger partial charge on any atom is 0.350 e. The molecule has 0 radical (unpaired) electrons. The molecule has 6 aromatic rings. The van der Waals surface area contributed by atoms with Crippen LogP contribution in [0.15, 0.2) is 109 Å². The topological polar surface area (TPSA) is 118 Å². The van der Waals surface area contributed by atoms with Crippen LogP contribution >= 0.6 is 0 Å². The van der Waals surface area contributed by atoms with Crippen LogP contribution in [0.5, 0.6) is 5.75 Å². The van der Waals surface area contributed by atoms with Crippen molar-refractivity contribution in [1.82, 2.24) is 34.3 Å². The Kier molecular flexibility index (Phi) is 8.97. The number of piperazine rings is 1. The van der Waals surface area contributed by atoms with E-state index in [9.17, 15) is 4.79 Å². The summed E-state index contributed by atoms with van der Waals surface area (Å²) in [6.45, 7) is 8.63. The maximum atomic E-state index is 12.8. The minimum Gasteiger partial charge on any atom is -0.491 e. The zero-order valence-electron chi connectivity index (χ0n) is 28.8. The summed E-state index contributed by atoms with van der Waals surface area (Å²) in [6, 6.07) is 26.4. The van der Waals surface area contributed by atoms with Crippen LogP contribution in [0.25, 0.3) is 16.6 Å². The van der Waals surface area contributed by atoms with Crippen molar-refractivity contribution in [3.8, 4) is 11.4 Å². The van der Waals surface area contributed by atoms with Crippen LogP contribution < -0.4 is 20.2 Å². The molecule has 3 aromatic heterocycles. The van der Waals surface area contributed by atoms with Crippen LogP contribution in [0.4, 0.5) is 11.4 Å². The summed E-state index contributed by atoms with van der Waals surface area (Å²) in [5, 5.41) is 13.9. The van der Waals surface area contributed by atoms with Crippen LogP contribution in [-0.4, -0.2) is 79.8 Å². The predicted octanol–water partition coefficient (Wildman–Crippen LogP) is 4.82. The molecule has 0 amide bonds. The van der Waals surface area contributed by atoms with Gasteiger partial charge in [0.1, 0.15) is 31.3 Å². The Balaban J connectivity index is 0.867. The third-order valence-electron chi connectivity index (χ3n) is 9.84. The predicted molar refractivity (Wildman–Crippen MR) is 193 cm³/mol. The molecular weight excluding hydrogens is 646 g/mol. The van der Waals surface area contributed by atoms with Gasteiger partial charge in [-0.15, -0.1) is 0 Å². The molecule has 13 nitrogen and oxygen atoms in total. The first-order valence-electron chi connectivity index (χ1n) is 17.5. The van der Waals surface area contributed by atoms with E-state index < -0.39 is 5.79 Å². The van der Waals surface area contributed by atoms with E-state index in [1.807, 2.05) is 61.5 Å². The molecule has 3 aromatic carbocycles. The zero-order chi connectivity index (χ0) is 34.8. The Morgan fingerprint density at radius 2 is 1.53 bits per heavy atom. The van der Waals surface area contributed by atoms with Gasteiger partial charge in [-0.1, -0.05) is 25.1 Å². The molecule has 51 heavy (non-hydrogen) atoms. The largest absolute Gasteiger partial charge is 0.491 e. The number of aromatic nitrogens is 7. The van der Waals surface area contributed by atoms with Crippen molar-refractivity contribution in [1.29, 1.82) is 0 Å². The van der Waals surface area contributed by atoms with Gasteiger partial charge in [-0.2, -0.15) is 20.1 Å². The molecule has 3 unspecified atom stereocenters. The molecule has 0 spiro atoms. The maximum absolute atomic E-state index is 12.8. The standard InChI is InChI=1S/C38H41N9O4/c1-3-28(2)47-37(48)45(27-42-47)31-11-9-29(10-12-31)43-20-22-44(23-21-43)30-13-15-32(16-14-30)49-24-33-25-50-38(51-33,26-46-40-18-19-41-46)35-7-4-8-36-34(35)6-5-17-39-36/h4-19,27-28,33H,3,20-26H2,1-2H3. The summed E-state index contributed by atoms with van der Waals surface area (Å²) < 4.78 is 22.4. The molecule has 2 aliphatic heterocycles.